The molecule has 0 heterocycles. The number of phosphoric ester groups is 1. The molecule has 0 aliphatic rings. The SMILES string of the molecule is CCCCCCCCCC/C=C\CCCCCCCCCCCCCCCCCCCCCCCCCCCC(=O)NC(COP(=O)(O)OCC[N+](C)(C)C)C(O)CCCCCCCCCCCCC. The predicted octanol–water partition coefficient (Wildman–Crippen LogP) is 19.0. The number of likely N-dealkylation sites (N-methyl/N-ethyl adjacent to an activating group) is 1. The number of nitrogens with one attached hydrogen (secondary N) is 1. The lowest BCUT2D eigenvalue weighted by Crippen LogP contribution is -2.46. The van der Waals surface area contributed by atoms with Gasteiger partial charge in [-0.15, -0.1) is 0 Å². The van der Waals surface area contributed by atoms with E-state index in [0.29, 0.717) is 23.9 Å². The van der Waals surface area contributed by atoms with Crippen LogP contribution < -0.4 is 5.32 Å². The first-order valence-electron chi connectivity index (χ1n) is 31.1. The fraction of sp³-hybridized carbons (Fsp3) is 0.951. The maximum Gasteiger partial charge on any atom is 0.472 e. The summed E-state index contributed by atoms with van der Waals surface area (Å²) in [5, 5.41) is 14.0. The molecule has 9 heteroatoms. The van der Waals surface area contributed by atoms with Gasteiger partial charge in [-0.2, -0.15) is 0 Å². The molecule has 0 aromatic rings. The topological polar surface area (TPSA) is 105 Å². The Bertz CT molecular complexity index is 1150. The van der Waals surface area contributed by atoms with E-state index in [1.54, 1.807) is 0 Å². The van der Waals surface area contributed by atoms with Crippen molar-refractivity contribution in [1.29, 1.82) is 0 Å². The maximum absolute atomic E-state index is 13.0. The van der Waals surface area contributed by atoms with Gasteiger partial charge in [0.15, 0.2) is 0 Å². The van der Waals surface area contributed by atoms with Crippen LogP contribution in [0, 0.1) is 0 Å². The molecule has 1 amide bonds. The van der Waals surface area contributed by atoms with Crippen LogP contribution in [-0.4, -0.2) is 73.4 Å². The Morgan fingerprint density at radius 3 is 1.10 bits per heavy atom. The van der Waals surface area contributed by atoms with Crippen molar-refractivity contribution in [3.05, 3.63) is 12.2 Å². The van der Waals surface area contributed by atoms with Crippen LogP contribution in [0.15, 0.2) is 12.2 Å². The molecule has 0 radical (unpaired) electrons. The van der Waals surface area contributed by atoms with E-state index in [2.05, 4.69) is 31.3 Å². The number of aliphatic hydroxyl groups is 1. The molecule has 0 spiro atoms. The third-order valence-corrected chi connectivity index (χ3v) is 15.5. The summed E-state index contributed by atoms with van der Waals surface area (Å²) in [6.07, 6.45) is 66.0. The fourth-order valence-electron chi connectivity index (χ4n) is 9.63. The maximum atomic E-state index is 13.0. The van der Waals surface area contributed by atoms with E-state index in [9.17, 15) is 19.4 Å². The number of amides is 1. The molecule has 0 aliphatic heterocycles. The molecule has 0 aliphatic carbocycles. The minimum absolute atomic E-state index is 0.0780. The highest BCUT2D eigenvalue weighted by Crippen LogP contribution is 2.43. The van der Waals surface area contributed by atoms with E-state index in [1.165, 1.54) is 257 Å². The smallest absolute Gasteiger partial charge is 0.391 e. The highest BCUT2D eigenvalue weighted by atomic mass is 31.2. The van der Waals surface area contributed by atoms with Crippen molar-refractivity contribution in [1.82, 2.24) is 5.32 Å². The molecule has 3 N–H and O–H groups in total. The molecule has 418 valence electrons. The Morgan fingerprint density at radius 2 is 0.771 bits per heavy atom. The van der Waals surface area contributed by atoms with Gasteiger partial charge in [-0.1, -0.05) is 289 Å². The molecule has 3 atom stereocenters. The zero-order chi connectivity index (χ0) is 51.3. The van der Waals surface area contributed by atoms with Crippen LogP contribution in [0.25, 0.3) is 0 Å². The first-order valence-corrected chi connectivity index (χ1v) is 32.5. The van der Waals surface area contributed by atoms with Gasteiger partial charge in [-0.25, -0.2) is 4.57 Å². The summed E-state index contributed by atoms with van der Waals surface area (Å²) in [6.45, 7) is 4.91. The zero-order valence-corrected chi connectivity index (χ0v) is 48.7. The fourth-order valence-corrected chi connectivity index (χ4v) is 10.4. The van der Waals surface area contributed by atoms with Crippen LogP contribution >= 0.6 is 7.82 Å². The predicted molar refractivity (Wildman–Crippen MR) is 305 cm³/mol. The first-order chi connectivity index (χ1) is 34.0. The van der Waals surface area contributed by atoms with E-state index in [0.717, 1.165) is 38.5 Å². The largest absolute Gasteiger partial charge is 0.472 e. The van der Waals surface area contributed by atoms with E-state index in [1.807, 2.05) is 21.1 Å². The molecule has 3 unspecified atom stereocenters. The van der Waals surface area contributed by atoms with Crippen molar-refractivity contribution in [2.45, 2.75) is 334 Å². The average Bonchev–Trinajstić information content (AvgIpc) is 3.32. The number of hydrogen-bond donors (Lipinski definition) is 3. The number of carbonyl (C=O) groups is 1. The van der Waals surface area contributed by atoms with Crippen LogP contribution in [0.3, 0.4) is 0 Å². The second kappa shape index (κ2) is 53.1. The van der Waals surface area contributed by atoms with Crippen molar-refractivity contribution in [2.24, 2.45) is 0 Å². The number of nitrogens with zero attached hydrogens (tertiary/aromatic N) is 1. The van der Waals surface area contributed by atoms with Crippen LogP contribution in [0.5, 0.6) is 0 Å². The molecular weight excluding hydrogens is 888 g/mol. The lowest BCUT2D eigenvalue weighted by Gasteiger charge is -2.26. The molecule has 0 saturated heterocycles. The van der Waals surface area contributed by atoms with Crippen molar-refractivity contribution in [3.8, 4) is 0 Å². The summed E-state index contributed by atoms with van der Waals surface area (Å²) in [7, 11) is 1.63. The number of rotatable bonds is 58. The van der Waals surface area contributed by atoms with E-state index >= 15 is 0 Å². The standard InChI is InChI=1S/C61H123N2O6P/c1-6-8-10-12-14-16-18-19-20-21-22-23-24-25-26-27-28-29-30-31-32-33-34-35-36-37-38-39-40-41-42-43-45-47-49-51-53-55-61(65)62-59(58-69-70(66,67)68-57-56-63(3,4)5)60(64)54-52-50-48-46-44-17-15-13-11-9-7-2/h21-22,59-60,64H,6-20,23-58H2,1-5H3,(H-,62,65,66,67)/p+1/b22-21-. The highest BCUT2D eigenvalue weighted by Gasteiger charge is 2.28. The second-order valence-corrected chi connectivity index (χ2v) is 24.2. The second-order valence-electron chi connectivity index (χ2n) is 22.8. The molecule has 0 aromatic carbocycles. The number of unbranched alkanes of at least 4 members (excludes halogenated alkanes) is 43. The van der Waals surface area contributed by atoms with Crippen LogP contribution in [0.4, 0.5) is 0 Å². The van der Waals surface area contributed by atoms with Crippen LogP contribution in [-0.2, 0) is 18.4 Å². The van der Waals surface area contributed by atoms with E-state index in [4.69, 9.17) is 9.05 Å². The molecule has 0 aromatic heterocycles. The van der Waals surface area contributed by atoms with Gasteiger partial charge >= 0.3 is 7.82 Å². The lowest BCUT2D eigenvalue weighted by molar-refractivity contribution is -0.870. The first kappa shape index (κ1) is 69.2. The molecular formula is C61H124N2O6P+. The van der Waals surface area contributed by atoms with E-state index in [-0.39, 0.29) is 19.1 Å². The van der Waals surface area contributed by atoms with Crippen LogP contribution in [0.1, 0.15) is 322 Å². The number of hydrogen-bond acceptors (Lipinski definition) is 5. The van der Waals surface area contributed by atoms with Crippen molar-refractivity contribution < 1.29 is 32.9 Å². The third-order valence-electron chi connectivity index (χ3n) is 14.5. The molecule has 70 heavy (non-hydrogen) atoms. The van der Waals surface area contributed by atoms with Crippen LogP contribution in [0.2, 0.25) is 0 Å². The van der Waals surface area contributed by atoms with Crippen molar-refractivity contribution in [2.75, 3.05) is 40.9 Å². The summed E-state index contributed by atoms with van der Waals surface area (Å²) < 4.78 is 23.7. The van der Waals surface area contributed by atoms with Gasteiger partial charge in [0.1, 0.15) is 13.2 Å². The number of allylic oxidation sites excluding steroid dienone is 2. The molecule has 0 saturated carbocycles. The zero-order valence-electron chi connectivity index (χ0n) is 47.8. The highest BCUT2D eigenvalue weighted by molar-refractivity contribution is 7.47. The average molecular weight is 1010 g/mol. The number of aliphatic hydroxyl groups excluding tert-OH is 1. The Balaban J connectivity index is 3.81. The van der Waals surface area contributed by atoms with Gasteiger partial charge in [-0.05, 0) is 38.5 Å². The summed E-state index contributed by atoms with van der Waals surface area (Å²) in [4.78, 5) is 23.3. The van der Waals surface area contributed by atoms with Gasteiger partial charge in [0.05, 0.1) is 39.9 Å². The molecule has 8 nitrogen and oxygen atoms in total. The summed E-state index contributed by atoms with van der Waals surface area (Å²) >= 11 is 0. The monoisotopic (exact) mass is 1010 g/mol. The lowest BCUT2D eigenvalue weighted by atomic mass is 10.0. The Morgan fingerprint density at radius 1 is 0.471 bits per heavy atom. The van der Waals surface area contributed by atoms with Gasteiger partial charge in [0.2, 0.25) is 5.91 Å². The van der Waals surface area contributed by atoms with Gasteiger partial charge in [0.25, 0.3) is 0 Å². The molecule has 0 rings (SSSR count). The molecule has 0 bridgehead atoms. The van der Waals surface area contributed by atoms with Crippen molar-refractivity contribution >= 4 is 13.7 Å². The summed E-state index contributed by atoms with van der Waals surface area (Å²) in [5.74, 6) is -0.139. The Labute approximate surface area is 437 Å². The Hall–Kier alpha value is -0.760. The summed E-state index contributed by atoms with van der Waals surface area (Å²) in [5.41, 5.74) is 0. The normalized spacial score (nSPS) is 13.9. The Kier molecular flexibility index (Phi) is 52.5. The minimum atomic E-state index is -4.31. The number of phosphoric acid groups is 1. The summed E-state index contributed by atoms with van der Waals surface area (Å²) in [6, 6.07) is -0.755. The van der Waals surface area contributed by atoms with Crippen molar-refractivity contribution in [3.63, 3.8) is 0 Å². The third kappa shape index (κ3) is 55.0. The number of carbonyl (C=O) groups excluding carboxylic acids is 1. The quantitative estimate of drug-likeness (QED) is 0.0243. The molecule has 0 fully saturated rings. The van der Waals surface area contributed by atoms with E-state index < -0.39 is 20.0 Å². The number of quaternary nitrogens is 1. The van der Waals surface area contributed by atoms with Gasteiger partial charge in [-0.3, -0.25) is 13.8 Å². The van der Waals surface area contributed by atoms with Gasteiger partial charge < -0.3 is 19.8 Å². The van der Waals surface area contributed by atoms with Gasteiger partial charge in [0, 0.05) is 6.42 Å². The minimum Gasteiger partial charge on any atom is -0.391 e.